The molecule has 1 heterocycles. The summed E-state index contributed by atoms with van der Waals surface area (Å²) < 4.78 is 23.3. The van der Waals surface area contributed by atoms with Gasteiger partial charge in [-0.3, -0.25) is 9.59 Å². The fourth-order valence-electron chi connectivity index (χ4n) is 3.46. The summed E-state index contributed by atoms with van der Waals surface area (Å²) in [6, 6.07) is 7.41. The van der Waals surface area contributed by atoms with Gasteiger partial charge in [0.05, 0.1) is 11.5 Å². The van der Waals surface area contributed by atoms with Crippen molar-refractivity contribution in [1.82, 2.24) is 4.90 Å². The predicted octanol–water partition coefficient (Wildman–Crippen LogP) is 3.27. The molecule has 1 aliphatic carbocycles. The number of amides is 1. The van der Waals surface area contributed by atoms with Crippen LogP contribution < -0.4 is 0 Å². The predicted molar refractivity (Wildman–Crippen MR) is 106 cm³/mol. The highest BCUT2D eigenvalue weighted by Crippen LogP contribution is 2.33. The molecular weight excluding hydrogens is 386 g/mol. The van der Waals surface area contributed by atoms with Gasteiger partial charge in [0.1, 0.15) is 9.84 Å². The molecule has 0 spiro atoms. The number of allylic oxidation sites excluding steroid dienone is 1. The number of hydrogen-bond acceptors (Lipinski definition) is 4. The molecule has 146 valence electrons. The Bertz CT molecular complexity index is 831. The summed E-state index contributed by atoms with van der Waals surface area (Å²) in [4.78, 5) is 26.7. The number of sulfone groups is 1. The highest BCUT2D eigenvalue weighted by atomic mass is 35.5. The smallest absolute Gasteiger partial charge is 0.223 e. The van der Waals surface area contributed by atoms with Gasteiger partial charge in [0.15, 0.2) is 5.78 Å². The van der Waals surface area contributed by atoms with Gasteiger partial charge in [0, 0.05) is 29.9 Å². The molecular formula is C20H24ClNO4S. The second-order valence-electron chi connectivity index (χ2n) is 7.27. The number of carbonyl (C=O) groups is 2. The van der Waals surface area contributed by atoms with Crippen molar-refractivity contribution < 1.29 is 18.0 Å². The zero-order chi connectivity index (χ0) is 19.4. The lowest BCUT2D eigenvalue weighted by atomic mass is 10.1. The van der Waals surface area contributed by atoms with Crippen molar-refractivity contribution >= 4 is 39.2 Å². The molecule has 1 amide bonds. The number of ketones is 1. The third-order valence-electron chi connectivity index (χ3n) is 5.04. The van der Waals surface area contributed by atoms with Crippen molar-refractivity contribution in [3.05, 3.63) is 40.9 Å². The van der Waals surface area contributed by atoms with E-state index in [1.54, 1.807) is 18.2 Å². The Morgan fingerprint density at radius 1 is 1.07 bits per heavy atom. The molecule has 0 radical (unpaired) electrons. The fraction of sp³-hybridized carbons (Fsp3) is 0.500. The summed E-state index contributed by atoms with van der Waals surface area (Å²) in [6.07, 6.45) is 6.45. The van der Waals surface area contributed by atoms with Gasteiger partial charge in [0.25, 0.3) is 0 Å². The van der Waals surface area contributed by atoms with E-state index in [4.69, 9.17) is 11.6 Å². The molecule has 7 heteroatoms. The Hall–Kier alpha value is -1.66. The lowest BCUT2D eigenvalue weighted by Gasteiger charge is -2.34. The van der Waals surface area contributed by atoms with Crippen molar-refractivity contribution in [3.8, 4) is 0 Å². The van der Waals surface area contributed by atoms with E-state index in [2.05, 4.69) is 0 Å². The van der Waals surface area contributed by atoms with Crippen LogP contribution in [0.15, 0.2) is 30.3 Å². The topological polar surface area (TPSA) is 71.5 Å². The molecule has 2 fully saturated rings. The standard InChI is InChI=1S/C20H24ClNO4S/c21-16-3-1-2-15(14-16)4-7-19(23)8-9-20(24)22(17-5-6-17)18-10-12-27(25,26)13-11-18/h1-4,7,14,17-18H,5-6,8-13H2/b7-4+. The van der Waals surface area contributed by atoms with Crippen LogP contribution in [0.4, 0.5) is 0 Å². The van der Waals surface area contributed by atoms with Gasteiger partial charge >= 0.3 is 0 Å². The van der Waals surface area contributed by atoms with E-state index in [-0.39, 0.29) is 48.1 Å². The normalized spacial score (nSPS) is 19.9. The minimum absolute atomic E-state index is 0.00868. The van der Waals surface area contributed by atoms with Gasteiger partial charge < -0.3 is 4.90 Å². The number of benzene rings is 1. The molecule has 1 aromatic rings. The van der Waals surface area contributed by atoms with Crippen molar-refractivity contribution in [2.45, 2.75) is 50.6 Å². The molecule has 27 heavy (non-hydrogen) atoms. The molecule has 0 aromatic heterocycles. The molecule has 0 atom stereocenters. The van der Waals surface area contributed by atoms with Gasteiger partial charge in [-0.25, -0.2) is 8.42 Å². The summed E-state index contributed by atoms with van der Waals surface area (Å²) in [6.45, 7) is 0. The van der Waals surface area contributed by atoms with Crippen LogP contribution in [0.5, 0.6) is 0 Å². The Labute approximate surface area is 165 Å². The van der Waals surface area contributed by atoms with Crippen molar-refractivity contribution in [3.63, 3.8) is 0 Å². The van der Waals surface area contributed by atoms with E-state index < -0.39 is 9.84 Å². The maximum atomic E-state index is 12.7. The van der Waals surface area contributed by atoms with Crippen molar-refractivity contribution in [2.24, 2.45) is 0 Å². The van der Waals surface area contributed by atoms with E-state index in [0.29, 0.717) is 17.9 Å². The van der Waals surface area contributed by atoms with Gasteiger partial charge in [-0.15, -0.1) is 0 Å². The van der Waals surface area contributed by atoms with Gasteiger partial charge in [-0.1, -0.05) is 29.8 Å². The first-order valence-corrected chi connectivity index (χ1v) is 11.5. The zero-order valence-electron chi connectivity index (χ0n) is 15.1. The first kappa shape index (κ1) is 20.1. The molecule has 0 unspecified atom stereocenters. The van der Waals surface area contributed by atoms with Crippen LogP contribution in [-0.4, -0.2) is 48.6 Å². The first-order valence-electron chi connectivity index (χ1n) is 9.32. The lowest BCUT2D eigenvalue weighted by molar-refractivity contribution is -0.135. The van der Waals surface area contributed by atoms with Crippen LogP contribution in [-0.2, 0) is 19.4 Å². The lowest BCUT2D eigenvalue weighted by Crippen LogP contribution is -2.46. The van der Waals surface area contributed by atoms with Crippen LogP contribution in [0.25, 0.3) is 6.08 Å². The maximum Gasteiger partial charge on any atom is 0.223 e. The molecule has 2 aliphatic rings. The Morgan fingerprint density at radius 2 is 1.74 bits per heavy atom. The average Bonchev–Trinajstić information content (AvgIpc) is 3.45. The third kappa shape index (κ3) is 5.91. The summed E-state index contributed by atoms with van der Waals surface area (Å²) in [7, 11) is -2.95. The molecule has 1 aromatic carbocycles. The molecule has 0 bridgehead atoms. The molecule has 1 saturated carbocycles. The van der Waals surface area contributed by atoms with Crippen molar-refractivity contribution in [1.29, 1.82) is 0 Å². The van der Waals surface area contributed by atoms with Crippen LogP contribution in [0, 0.1) is 0 Å². The molecule has 5 nitrogen and oxygen atoms in total. The van der Waals surface area contributed by atoms with Crippen LogP contribution in [0.3, 0.4) is 0 Å². The quantitative estimate of drug-likeness (QED) is 0.648. The number of carbonyl (C=O) groups excluding carboxylic acids is 2. The number of nitrogens with zero attached hydrogens (tertiary/aromatic N) is 1. The number of rotatable bonds is 7. The molecule has 0 N–H and O–H groups in total. The van der Waals surface area contributed by atoms with E-state index >= 15 is 0 Å². The average molecular weight is 410 g/mol. The molecule has 3 rings (SSSR count). The Balaban J connectivity index is 1.53. The van der Waals surface area contributed by atoms with E-state index in [1.165, 1.54) is 6.08 Å². The summed E-state index contributed by atoms with van der Waals surface area (Å²) in [5.74, 6) is 0.155. The second kappa shape index (κ2) is 8.57. The maximum absolute atomic E-state index is 12.7. The minimum atomic E-state index is -2.95. The SMILES string of the molecule is O=C(/C=C/c1cccc(Cl)c1)CCC(=O)N(C1CC1)C1CCS(=O)(=O)CC1. The Kier molecular flexibility index (Phi) is 6.37. The third-order valence-corrected chi connectivity index (χ3v) is 6.99. The van der Waals surface area contributed by atoms with E-state index in [1.807, 2.05) is 17.0 Å². The van der Waals surface area contributed by atoms with Crippen molar-refractivity contribution in [2.75, 3.05) is 11.5 Å². The highest BCUT2D eigenvalue weighted by Gasteiger charge is 2.39. The van der Waals surface area contributed by atoms with E-state index in [9.17, 15) is 18.0 Å². The minimum Gasteiger partial charge on any atom is -0.337 e. The summed E-state index contributed by atoms with van der Waals surface area (Å²) in [5, 5.41) is 0.606. The highest BCUT2D eigenvalue weighted by molar-refractivity contribution is 7.91. The summed E-state index contributed by atoms with van der Waals surface area (Å²) in [5.41, 5.74) is 0.838. The molecule has 1 saturated heterocycles. The van der Waals surface area contributed by atoms with Crippen LogP contribution >= 0.6 is 11.6 Å². The van der Waals surface area contributed by atoms with Gasteiger partial charge in [-0.2, -0.15) is 0 Å². The van der Waals surface area contributed by atoms with Crippen LogP contribution in [0.2, 0.25) is 5.02 Å². The summed E-state index contributed by atoms with van der Waals surface area (Å²) >= 11 is 5.92. The van der Waals surface area contributed by atoms with E-state index in [0.717, 1.165) is 18.4 Å². The zero-order valence-corrected chi connectivity index (χ0v) is 16.7. The van der Waals surface area contributed by atoms with Gasteiger partial charge in [0.2, 0.25) is 5.91 Å². The Morgan fingerprint density at radius 3 is 2.37 bits per heavy atom. The van der Waals surface area contributed by atoms with Crippen LogP contribution in [0.1, 0.15) is 44.1 Å². The second-order valence-corrected chi connectivity index (χ2v) is 10.0. The number of halogens is 1. The fourth-order valence-corrected chi connectivity index (χ4v) is 5.12. The first-order chi connectivity index (χ1) is 12.8. The largest absolute Gasteiger partial charge is 0.337 e. The number of hydrogen-bond donors (Lipinski definition) is 0. The van der Waals surface area contributed by atoms with Gasteiger partial charge in [-0.05, 0) is 49.5 Å². The monoisotopic (exact) mass is 409 g/mol. The molecule has 1 aliphatic heterocycles.